The van der Waals surface area contributed by atoms with Crippen molar-refractivity contribution >= 4 is 16.9 Å². The number of rotatable bonds is 3. The minimum atomic E-state index is -0.704. The zero-order valence-corrected chi connectivity index (χ0v) is 14.3. The summed E-state index contributed by atoms with van der Waals surface area (Å²) in [5.41, 5.74) is 6.83. The fourth-order valence-electron chi connectivity index (χ4n) is 2.86. The van der Waals surface area contributed by atoms with E-state index >= 15 is 0 Å². The second kappa shape index (κ2) is 6.45. The van der Waals surface area contributed by atoms with Crippen molar-refractivity contribution in [2.75, 3.05) is 12.8 Å². The van der Waals surface area contributed by atoms with Gasteiger partial charge < -0.3 is 20.0 Å². The van der Waals surface area contributed by atoms with Crippen LogP contribution < -0.4 is 16.1 Å². The molecule has 134 valence electrons. The van der Waals surface area contributed by atoms with Gasteiger partial charge in [-0.2, -0.15) is 0 Å². The Kier molecular flexibility index (Phi) is 3.97. The average molecular weight is 361 g/mol. The molecule has 0 saturated heterocycles. The summed E-state index contributed by atoms with van der Waals surface area (Å²) in [4.78, 5) is 20.8. The maximum Gasteiger partial charge on any atom is 0.349 e. The molecule has 2 aromatic heterocycles. The number of methoxy groups -OCH3 is 1. The van der Waals surface area contributed by atoms with Crippen LogP contribution in [-0.4, -0.2) is 22.2 Å². The number of benzene rings is 2. The maximum atomic E-state index is 12.5. The predicted octanol–water partition coefficient (Wildman–Crippen LogP) is 3.21. The lowest BCUT2D eigenvalue weighted by atomic mass is 10.1. The number of fused-ring (bicyclic) bond motifs is 1. The molecule has 0 fully saturated rings. The van der Waals surface area contributed by atoms with Crippen LogP contribution in [0.2, 0.25) is 0 Å². The van der Waals surface area contributed by atoms with E-state index in [0.29, 0.717) is 22.4 Å². The predicted molar refractivity (Wildman–Crippen MR) is 102 cm³/mol. The van der Waals surface area contributed by atoms with Crippen molar-refractivity contribution in [2.24, 2.45) is 0 Å². The van der Waals surface area contributed by atoms with E-state index in [2.05, 4.69) is 9.97 Å². The number of para-hydroxylation sites is 1. The summed E-state index contributed by atoms with van der Waals surface area (Å²) in [7, 11) is 1.58. The lowest BCUT2D eigenvalue weighted by molar-refractivity contribution is 0.415. The SMILES string of the molecule is COc1ccc(-c2cc(-c3c(O)c4ccccc4oc3=O)nc(N)n2)cc1. The molecule has 0 aliphatic heterocycles. The van der Waals surface area contributed by atoms with Gasteiger partial charge in [0.2, 0.25) is 5.95 Å². The quantitative estimate of drug-likeness (QED) is 0.539. The largest absolute Gasteiger partial charge is 0.506 e. The number of nitrogens with zero attached hydrogens (tertiary/aromatic N) is 2. The first kappa shape index (κ1) is 16.6. The van der Waals surface area contributed by atoms with E-state index in [0.717, 1.165) is 5.56 Å². The average Bonchev–Trinajstić information content (AvgIpc) is 2.68. The van der Waals surface area contributed by atoms with Crippen LogP contribution in [0.25, 0.3) is 33.5 Å². The number of hydrogen-bond donors (Lipinski definition) is 2. The van der Waals surface area contributed by atoms with Gasteiger partial charge in [0.15, 0.2) is 0 Å². The highest BCUT2D eigenvalue weighted by Gasteiger charge is 2.18. The van der Waals surface area contributed by atoms with Crippen molar-refractivity contribution in [3.8, 4) is 34.0 Å². The van der Waals surface area contributed by atoms with Crippen LogP contribution in [0.5, 0.6) is 11.5 Å². The molecule has 0 aliphatic rings. The Morgan fingerprint density at radius 3 is 2.48 bits per heavy atom. The van der Waals surface area contributed by atoms with E-state index in [-0.39, 0.29) is 23.0 Å². The number of anilines is 1. The third-order valence-corrected chi connectivity index (χ3v) is 4.17. The Morgan fingerprint density at radius 2 is 1.74 bits per heavy atom. The highest BCUT2D eigenvalue weighted by Crippen LogP contribution is 2.33. The van der Waals surface area contributed by atoms with Crippen molar-refractivity contribution in [1.82, 2.24) is 9.97 Å². The Bertz CT molecular complexity index is 1200. The van der Waals surface area contributed by atoms with Gasteiger partial charge in [-0.15, -0.1) is 0 Å². The molecule has 7 heteroatoms. The summed E-state index contributed by atoms with van der Waals surface area (Å²) in [6, 6.07) is 15.5. The van der Waals surface area contributed by atoms with Crippen LogP contribution in [0.4, 0.5) is 5.95 Å². The molecule has 0 amide bonds. The first-order valence-electron chi connectivity index (χ1n) is 8.11. The molecule has 0 spiro atoms. The Labute approximate surface area is 153 Å². The third kappa shape index (κ3) is 2.95. The summed E-state index contributed by atoms with van der Waals surface area (Å²) in [6.45, 7) is 0. The van der Waals surface area contributed by atoms with E-state index in [1.807, 2.05) is 12.1 Å². The number of nitrogen functional groups attached to an aromatic ring is 1. The monoisotopic (exact) mass is 361 g/mol. The van der Waals surface area contributed by atoms with Gasteiger partial charge in [-0.25, -0.2) is 14.8 Å². The number of aromatic hydroxyl groups is 1. The first-order valence-corrected chi connectivity index (χ1v) is 8.11. The molecule has 2 heterocycles. The summed E-state index contributed by atoms with van der Waals surface area (Å²) < 4.78 is 10.5. The molecule has 3 N–H and O–H groups in total. The highest BCUT2D eigenvalue weighted by atomic mass is 16.5. The molecule has 4 rings (SSSR count). The fraction of sp³-hybridized carbons (Fsp3) is 0.0500. The normalized spacial score (nSPS) is 10.9. The zero-order chi connectivity index (χ0) is 19.0. The maximum absolute atomic E-state index is 12.5. The minimum Gasteiger partial charge on any atom is -0.506 e. The van der Waals surface area contributed by atoms with Crippen LogP contribution in [0.15, 0.2) is 63.8 Å². The van der Waals surface area contributed by atoms with Crippen molar-refractivity contribution in [3.63, 3.8) is 0 Å². The zero-order valence-electron chi connectivity index (χ0n) is 14.3. The Morgan fingerprint density at radius 1 is 1.04 bits per heavy atom. The third-order valence-electron chi connectivity index (χ3n) is 4.17. The molecule has 0 atom stereocenters. The topological polar surface area (TPSA) is 111 Å². The van der Waals surface area contributed by atoms with Crippen LogP contribution in [0.1, 0.15) is 0 Å². The van der Waals surface area contributed by atoms with Crippen molar-refractivity contribution in [2.45, 2.75) is 0 Å². The molecule has 2 aromatic carbocycles. The van der Waals surface area contributed by atoms with Crippen molar-refractivity contribution in [3.05, 3.63) is 65.0 Å². The number of aromatic nitrogens is 2. The standard InChI is InChI=1S/C20H15N3O4/c1-26-12-8-6-11(7-9-12)14-10-15(23-20(21)22-14)17-18(24)13-4-2-3-5-16(13)27-19(17)25/h2-10,24H,1H3,(H2,21,22,23). The van der Waals surface area contributed by atoms with E-state index < -0.39 is 5.63 Å². The van der Waals surface area contributed by atoms with Gasteiger partial charge in [-0.3, -0.25) is 0 Å². The fourth-order valence-corrected chi connectivity index (χ4v) is 2.86. The van der Waals surface area contributed by atoms with E-state index in [9.17, 15) is 9.90 Å². The molecule has 0 aliphatic carbocycles. The summed E-state index contributed by atoms with van der Waals surface area (Å²) in [5, 5.41) is 11.0. The molecular formula is C20H15N3O4. The van der Waals surface area contributed by atoms with Crippen molar-refractivity contribution < 1.29 is 14.3 Å². The molecular weight excluding hydrogens is 346 g/mol. The first-order chi connectivity index (χ1) is 13.1. The molecule has 4 aromatic rings. The minimum absolute atomic E-state index is 0.0229. The van der Waals surface area contributed by atoms with E-state index in [1.165, 1.54) is 0 Å². The Balaban J connectivity index is 1.91. The van der Waals surface area contributed by atoms with Gasteiger partial charge in [-0.1, -0.05) is 12.1 Å². The summed E-state index contributed by atoms with van der Waals surface area (Å²) in [6.07, 6.45) is 0. The molecule has 7 nitrogen and oxygen atoms in total. The smallest absolute Gasteiger partial charge is 0.349 e. The van der Waals surface area contributed by atoms with Crippen LogP contribution >= 0.6 is 0 Å². The molecule has 0 radical (unpaired) electrons. The van der Waals surface area contributed by atoms with Crippen LogP contribution in [-0.2, 0) is 0 Å². The highest BCUT2D eigenvalue weighted by molar-refractivity contribution is 5.90. The van der Waals surface area contributed by atoms with Gasteiger partial charge >= 0.3 is 5.63 Å². The lowest BCUT2D eigenvalue weighted by Crippen LogP contribution is -2.07. The van der Waals surface area contributed by atoms with Crippen molar-refractivity contribution in [1.29, 1.82) is 0 Å². The molecule has 0 bridgehead atoms. The van der Waals surface area contributed by atoms with Gasteiger partial charge in [0.25, 0.3) is 0 Å². The number of ether oxygens (including phenoxy) is 1. The van der Waals surface area contributed by atoms with Gasteiger partial charge in [0.1, 0.15) is 22.6 Å². The second-order valence-electron chi connectivity index (χ2n) is 5.83. The van der Waals surface area contributed by atoms with E-state index in [1.54, 1.807) is 49.6 Å². The number of hydrogen-bond acceptors (Lipinski definition) is 7. The van der Waals surface area contributed by atoms with Crippen LogP contribution in [0.3, 0.4) is 0 Å². The summed E-state index contributed by atoms with van der Waals surface area (Å²) >= 11 is 0. The molecule has 0 unspecified atom stereocenters. The summed E-state index contributed by atoms with van der Waals surface area (Å²) in [5.74, 6) is 0.472. The molecule has 27 heavy (non-hydrogen) atoms. The lowest BCUT2D eigenvalue weighted by Gasteiger charge is -2.09. The van der Waals surface area contributed by atoms with Gasteiger partial charge in [-0.05, 0) is 42.5 Å². The van der Waals surface area contributed by atoms with Gasteiger partial charge in [0, 0.05) is 5.56 Å². The van der Waals surface area contributed by atoms with Crippen LogP contribution in [0, 0.1) is 0 Å². The van der Waals surface area contributed by atoms with E-state index in [4.69, 9.17) is 14.9 Å². The number of nitrogens with two attached hydrogens (primary N) is 1. The van der Waals surface area contributed by atoms with Gasteiger partial charge in [0.05, 0.1) is 23.9 Å². The second-order valence-corrected chi connectivity index (χ2v) is 5.83. The molecule has 0 saturated carbocycles. The Hall–Kier alpha value is -3.87.